The number of carbonyl (C=O) groups excluding carboxylic acids is 1. The minimum Gasteiger partial charge on any atom is -0.378 e. The van der Waals surface area contributed by atoms with Gasteiger partial charge in [-0.1, -0.05) is 11.8 Å². The van der Waals surface area contributed by atoms with Crippen LogP contribution in [0.3, 0.4) is 0 Å². The molecule has 0 radical (unpaired) electrons. The summed E-state index contributed by atoms with van der Waals surface area (Å²) in [4.78, 5) is 26.6. The number of aromatic nitrogens is 3. The number of amides is 1. The number of carbonyl (C=O) groups is 1. The fraction of sp³-hybridized carbons (Fsp3) is 0.333. The minimum atomic E-state index is -0.0884. The van der Waals surface area contributed by atoms with Crippen LogP contribution in [0.15, 0.2) is 41.9 Å². The Hall–Kier alpha value is -2.19. The molecule has 1 aliphatic rings. The molecule has 8 heteroatoms. The van der Waals surface area contributed by atoms with E-state index in [-0.39, 0.29) is 11.7 Å². The number of hydrogen-bond donors (Lipinski definition) is 1. The van der Waals surface area contributed by atoms with Gasteiger partial charge in [-0.15, -0.1) is 0 Å². The topological polar surface area (TPSA) is 80.2 Å². The summed E-state index contributed by atoms with van der Waals surface area (Å²) in [7, 11) is 0. The van der Waals surface area contributed by atoms with E-state index in [4.69, 9.17) is 4.74 Å². The van der Waals surface area contributed by atoms with E-state index in [9.17, 15) is 4.79 Å². The SMILES string of the molecule is O=C(CSc1cc(N2CCOCC2)ncn1)Nc1cccnc1. The highest BCUT2D eigenvalue weighted by atomic mass is 32.2. The van der Waals surface area contributed by atoms with Gasteiger partial charge in [0.25, 0.3) is 0 Å². The monoisotopic (exact) mass is 331 g/mol. The molecule has 2 aromatic rings. The zero-order valence-electron chi connectivity index (χ0n) is 12.5. The van der Waals surface area contributed by atoms with Crippen molar-refractivity contribution in [2.45, 2.75) is 5.03 Å². The van der Waals surface area contributed by atoms with Gasteiger partial charge >= 0.3 is 0 Å². The minimum absolute atomic E-state index is 0.0884. The maximum Gasteiger partial charge on any atom is 0.234 e. The molecule has 2 aromatic heterocycles. The molecule has 120 valence electrons. The van der Waals surface area contributed by atoms with Crippen molar-refractivity contribution in [1.29, 1.82) is 0 Å². The molecule has 3 heterocycles. The van der Waals surface area contributed by atoms with Crippen molar-refractivity contribution in [2.24, 2.45) is 0 Å². The Balaban J connectivity index is 1.54. The van der Waals surface area contributed by atoms with Gasteiger partial charge in [0.15, 0.2) is 0 Å². The van der Waals surface area contributed by atoms with Gasteiger partial charge in [0.2, 0.25) is 5.91 Å². The highest BCUT2D eigenvalue weighted by molar-refractivity contribution is 7.99. The lowest BCUT2D eigenvalue weighted by atomic mass is 10.4. The van der Waals surface area contributed by atoms with Crippen LogP contribution in [0.1, 0.15) is 0 Å². The molecule has 1 N–H and O–H groups in total. The number of rotatable bonds is 5. The summed E-state index contributed by atoms with van der Waals surface area (Å²) >= 11 is 1.38. The number of morpholine rings is 1. The van der Waals surface area contributed by atoms with Crippen molar-refractivity contribution in [1.82, 2.24) is 15.0 Å². The van der Waals surface area contributed by atoms with Gasteiger partial charge in [-0.3, -0.25) is 9.78 Å². The first kappa shape index (κ1) is 15.7. The first-order valence-corrected chi connectivity index (χ1v) is 8.27. The summed E-state index contributed by atoms with van der Waals surface area (Å²) in [6, 6.07) is 5.49. The normalized spacial score (nSPS) is 14.5. The molecule has 0 saturated carbocycles. The van der Waals surface area contributed by atoms with Crippen LogP contribution >= 0.6 is 11.8 Å². The third kappa shape index (κ3) is 4.64. The lowest BCUT2D eigenvalue weighted by Gasteiger charge is -2.27. The van der Waals surface area contributed by atoms with E-state index in [1.165, 1.54) is 18.1 Å². The molecule has 3 rings (SSSR count). The molecule has 7 nitrogen and oxygen atoms in total. The molecule has 1 saturated heterocycles. The second kappa shape index (κ2) is 7.89. The van der Waals surface area contributed by atoms with Crippen molar-refractivity contribution >= 4 is 29.2 Å². The smallest absolute Gasteiger partial charge is 0.234 e. The summed E-state index contributed by atoms with van der Waals surface area (Å²) in [6.07, 6.45) is 4.81. The zero-order chi connectivity index (χ0) is 15.9. The number of nitrogens with one attached hydrogen (secondary N) is 1. The summed E-state index contributed by atoms with van der Waals surface area (Å²) in [6.45, 7) is 3.06. The van der Waals surface area contributed by atoms with E-state index in [0.29, 0.717) is 18.9 Å². The first-order chi connectivity index (χ1) is 11.3. The molecule has 0 aromatic carbocycles. The van der Waals surface area contributed by atoms with Gasteiger partial charge in [0.1, 0.15) is 17.2 Å². The van der Waals surface area contributed by atoms with Crippen LogP contribution in [0.5, 0.6) is 0 Å². The molecule has 1 amide bonds. The third-order valence-corrected chi connectivity index (χ3v) is 4.18. The van der Waals surface area contributed by atoms with E-state index in [2.05, 4.69) is 25.2 Å². The highest BCUT2D eigenvalue weighted by Gasteiger charge is 2.13. The van der Waals surface area contributed by atoms with Gasteiger partial charge in [0.05, 0.1) is 30.9 Å². The summed E-state index contributed by atoms with van der Waals surface area (Å²) in [5, 5.41) is 3.58. The van der Waals surface area contributed by atoms with Crippen LogP contribution in [0.2, 0.25) is 0 Å². The Kier molecular flexibility index (Phi) is 5.38. The van der Waals surface area contributed by atoms with Crippen LogP contribution in [0.25, 0.3) is 0 Å². The Morgan fingerprint density at radius 1 is 1.35 bits per heavy atom. The van der Waals surface area contributed by atoms with Crippen LogP contribution in [-0.2, 0) is 9.53 Å². The van der Waals surface area contributed by atoms with Crippen molar-refractivity contribution < 1.29 is 9.53 Å². The molecule has 0 bridgehead atoms. The first-order valence-electron chi connectivity index (χ1n) is 7.29. The van der Waals surface area contributed by atoms with Crippen LogP contribution in [-0.4, -0.2) is 52.9 Å². The average molecular weight is 331 g/mol. The summed E-state index contributed by atoms with van der Waals surface area (Å²) in [5.74, 6) is 1.07. The van der Waals surface area contributed by atoms with Crippen LogP contribution in [0.4, 0.5) is 11.5 Å². The Bertz CT molecular complexity index is 649. The maximum absolute atomic E-state index is 11.9. The lowest BCUT2D eigenvalue weighted by Crippen LogP contribution is -2.36. The maximum atomic E-state index is 11.9. The number of ether oxygens (including phenoxy) is 1. The summed E-state index contributed by atoms with van der Waals surface area (Å²) < 4.78 is 5.34. The fourth-order valence-electron chi connectivity index (χ4n) is 2.15. The quantitative estimate of drug-likeness (QED) is 0.656. The third-order valence-electron chi connectivity index (χ3n) is 3.26. The Morgan fingerprint density at radius 2 is 2.22 bits per heavy atom. The van der Waals surface area contributed by atoms with Gasteiger partial charge in [0, 0.05) is 25.4 Å². The Labute approximate surface area is 138 Å². The zero-order valence-corrected chi connectivity index (χ0v) is 13.3. The highest BCUT2D eigenvalue weighted by Crippen LogP contribution is 2.20. The largest absolute Gasteiger partial charge is 0.378 e. The van der Waals surface area contributed by atoms with Gasteiger partial charge in [-0.2, -0.15) is 0 Å². The predicted molar refractivity (Wildman–Crippen MR) is 88.7 cm³/mol. The molecule has 0 atom stereocenters. The van der Waals surface area contributed by atoms with E-state index in [1.54, 1.807) is 24.5 Å². The molecular formula is C15H17N5O2S. The van der Waals surface area contributed by atoms with Gasteiger partial charge in [-0.25, -0.2) is 9.97 Å². The van der Waals surface area contributed by atoms with Crippen molar-refractivity contribution in [3.05, 3.63) is 36.9 Å². The second-order valence-electron chi connectivity index (χ2n) is 4.89. The van der Waals surface area contributed by atoms with Gasteiger partial charge < -0.3 is 15.0 Å². The molecule has 0 unspecified atom stereocenters. The van der Waals surface area contributed by atoms with E-state index >= 15 is 0 Å². The van der Waals surface area contributed by atoms with Crippen LogP contribution in [0, 0.1) is 0 Å². The predicted octanol–water partition coefficient (Wildman–Crippen LogP) is 1.44. The van der Waals surface area contributed by atoms with Crippen molar-refractivity contribution in [2.75, 3.05) is 42.3 Å². The van der Waals surface area contributed by atoms with Crippen LogP contribution < -0.4 is 10.2 Å². The second-order valence-corrected chi connectivity index (χ2v) is 5.89. The summed E-state index contributed by atoms with van der Waals surface area (Å²) in [5.41, 5.74) is 0.690. The fourth-order valence-corrected chi connectivity index (χ4v) is 2.81. The number of nitrogens with zero attached hydrogens (tertiary/aromatic N) is 4. The average Bonchev–Trinajstić information content (AvgIpc) is 2.62. The van der Waals surface area contributed by atoms with E-state index in [0.717, 1.165) is 23.9 Å². The van der Waals surface area contributed by atoms with Gasteiger partial charge in [-0.05, 0) is 12.1 Å². The van der Waals surface area contributed by atoms with E-state index < -0.39 is 0 Å². The number of thioether (sulfide) groups is 1. The molecular weight excluding hydrogens is 314 g/mol. The number of pyridine rings is 1. The van der Waals surface area contributed by atoms with E-state index in [1.807, 2.05) is 6.07 Å². The molecule has 1 aliphatic heterocycles. The molecule has 1 fully saturated rings. The Morgan fingerprint density at radius 3 is 3.00 bits per heavy atom. The lowest BCUT2D eigenvalue weighted by molar-refractivity contribution is -0.113. The number of hydrogen-bond acceptors (Lipinski definition) is 7. The standard InChI is InChI=1S/C15H17N5O2S/c21-14(19-12-2-1-3-16-9-12)10-23-15-8-13(17-11-18-15)20-4-6-22-7-5-20/h1-3,8-9,11H,4-7,10H2,(H,19,21). The van der Waals surface area contributed by atoms with Crippen molar-refractivity contribution in [3.8, 4) is 0 Å². The molecule has 0 aliphatic carbocycles. The number of anilines is 2. The molecule has 23 heavy (non-hydrogen) atoms. The molecule has 0 spiro atoms. The van der Waals surface area contributed by atoms with Crippen molar-refractivity contribution in [3.63, 3.8) is 0 Å².